The molecule has 0 aliphatic heterocycles. The van der Waals surface area contributed by atoms with Gasteiger partial charge >= 0.3 is 0 Å². The van der Waals surface area contributed by atoms with Crippen LogP contribution < -0.4 is 5.73 Å². The number of rotatable bonds is 11. The average molecular weight is 242 g/mol. The van der Waals surface area contributed by atoms with E-state index in [0.717, 1.165) is 6.42 Å². The van der Waals surface area contributed by atoms with Gasteiger partial charge in [0.15, 0.2) is 0 Å². The molecule has 0 saturated carbocycles. The fourth-order valence-corrected chi connectivity index (χ4v) is 2.52. The Bertz CT molecular complexity index is 151. The molecule has 0 aromatic rings. The Morgan fingerprint density at radius 2 is 1.41 bits per heavy atom. The van der Waals surface area contributed by atoms with E-state index in [0.29, 0.717) is 12.1 Å². The zero-order valence-corrected chi connectivity index (χ0v) is 12.5. The maximum atomic E-state index is 6.34. The maximum absolute atomic E-state index is 6.34. The number of nitrogens with two attached hydrogens (primary N) is 1. The molecule has 0 radical (unpaired) electrons. The number of nitrogens with zero attached hydrogens (tertiary/aromatic N) is 1. The van der Waals surface area contributed by atoms with Gasteiger partial charge in [-0.05, 0) is 38.8 Å². The first kappa shape index (κ1) is 16.9. The molecule has 0 amide bonds. The molecule has 2 atom stereocenters. The van der Waals surface area contributed by atoms with E-state index in [-0.39, 0.29) is 0 Å². The molecule has 2 nitrogen and oxygen atoms in total. The first-order valence-electron chi connectivity index (χ1n) is 7.70. The van der Waals surface area contributed by atoms with Crippen LogP contribution in [0.2, 0.25) is 0 Å². The van der Waals surface area contributed by atoms with Crippen molar-refractivity contribution in [2.45, 2.75) is 84.7 Å². The van der Waals surface area contributed by atoms with E-state index in [1.54, 1.807) is 0 Å². The van der Waals surface area contributed by atoms with Crippen molar-refractivity contribution in [2.75, 3.05) is 13.1 Å². The van der Waals surface area contributed by atoms with Crippen molar-refractivity contribution in [2.24, 2.45) is 5.73 Å². The van der Waals surface area contributed by atoms with Gasteiger partial charge in [0.1, 0.15) is 0 Å². The molecule has 0 bridgehead atoms. The highest BCUT2D eigenvalue weighted by atomic mass is 15.2. The molecule has 2 unspecified atom stereocenters. The highest BCUT2D eigenvalue weighted by Gasteiger charge is 2.21. The molecular weight excluding hydrogens is 208 g/mol. The SMILES string of the molecule is CCCCN(CCCC)C(CC)C(N)CCC. The summed E-state index contributed by atoms with van der Waals surface area (Å²) in [5.74, 6) is 0. The van der Waals surface area contributed by atoms with Gasteiger partial charge in [0, 0.05) is 12.1 Å². The molecule has 0 rings (SSSR count). The topological polar surface area (TPSA) is 29.3 Å². The van der Waals surface area contributed by atoms with Crippen molar-refractivity contribution in [1.82, 2.24) is 4.90 Å². The van der Waals surface area contributed by atoms with Gasteiger partial charge in [0.2, 0.25) is 0 Å². The lowest BCUT2D eigenvalue weighted by Crippen LogP contribution is -2.48. The Hall–Kier alpha value is -0.0800. The van der Waals surface area contributed by atoms with Crippen LogP contribution in [0.25, 0.3) is 0 Å². The summed E-state index contributed by atoms with van der Waals surface area (Å²) < 4.78 is 0. The van der Waals surface area contributed by atoms with Crippen molar-refractivity contribution in [3.8, 4) is 0 Å². The van der Waals surface area contributed by atoms with Crippen LogP contribution in [0.3, 0.4) is 0 Å². The van der Waals surface area contributed by atoms with Crippen molar-refractivity contribution in [3.05, 3.63) is 0 Å². The summed E-state index contributed by atoms with van der Waals surface area (Å²) in [6.45, 7) is 11.5. The predicted molar refractivity (Wildman–Crippen MR) is 78.4 cm³/mol. The molecule has 0 aromatic heterocycles. The fourth-order valence-electron chi connectivity index (χ4n) is 2.52. The van der Waals surface area contributed by atoms with E-state index in [1.807, 2.05) is 0 Å². The first-order chi connectivity index (χ1) is 8.21. The molecule has 2 heteroatoms. The molecule has 0 fully saturated rings. The Labute approximate surface area is 109 Å². The predicted octanol–water partition coefficient (Wildman–Crippen LogP) is 3.79. The minimum absolute atomic E-state index is 0.360. The zero-order chi connectivity index (χ0) is 13.1. The van der Waals surface area contributed by atoms with E-state index in [2.05, 4.69) is 32.6 Å². The molecule has 0 aliphatic rings. The van der Waals surface area contributed by atoms with Crippen LogP contribution in [0.4, 0.5) is 0 Å². The summed E-state index contributed by atoms with van der Waals surface area (Å²) in [5, 5.41) is 0. The van der Waals surface area contributed by atoms with E-state index in [9.17, 15) is 0 Å². The van der Waals surface area contributed by atoms with Gasteiger partial charge in [-0.2, -0.15) is 0 Å². The number of unbranched alkanes of at least 4 members (excludes halogenated alkanes) is 2. The first-order valence-corrected chi connectivity index (χ1v) is 7.70. The fraction of sp³-hybridized carbons (Fsp3) is 1.00. The third-order valence-corrected chi connectivity index (χ3v) is 3.60. The highest BCUT2D eigenvalue weighted by Crippen LogP contribution is 2.14. The second kappa shape index (κ2) is 11.0. The molecule has 0 aromatic carbocycles. The van der Waals surface area contributed by atoms with E-state index in [1.165, 1.54) is 51.6 Å². The van der Waals surface area contributed by atoms with Crippen molar-refractivity contribution in [3.63, 3.8) is 0 Å². The molecule has 0 aliphatic carbocycles. The average Bonchev–Trinajstić information content (AvgIpc) is 2.33. The monoisotopic (exact) mass is 242 g/mol. The minimum atomic E-state index is 0.360. The molecule has 0 heterocycles. The number of hydrogen-bond acceptors (Lipinski definition) is 2. The lowest BCUT2D eigenvalue weighted by molar-refractivity contribution is 0.156. The van der Waals surface area contributed by atoms with Crippen LogP contribution in [0.15, 0.2) is 0 Å². The van der Waals surface area contributed by atoms with Crippen molar-refractivity contribution < 1.29 is 0 Å². The van der Waals surface area contributed by atoms with Crippen molar-refractivity contribution >= 4 is 0 Å². The Morgan fingerprint density at radius 1 is 0.882 bits per heavy atom. The molecule has 0 spiro atoms. The van der Waals surface area contributed by atoms with E-state index in [4.69, 9.17) is 5.73 Å². The summed E-state index contributed by atoms with van der Waals surface area (Å²) in [6.07, 6.45) is 8.72. The van der Waals surface area contributed by atoms with E-state index < -0.39 is 0 Å². The van der Waals surface area contributed by atoms with Gasteiger partial charge in [-0.15, -0.1) is 0 Å². The summed E-state index contributed by atoms with van der Waals surface area (Å²) in [6, 6.07) is 0.951. The summed E-state index contributed by atoms with van der Waals surface area (Å²) in [4.78, 5) is 2.65. The second-order valence-corrected chi connectivity index (χ2v) is 5.17. The van der Waals surface area contributed by atoms with Crippen LogP contribution in [-0.2, 0) is 0 Å². The third-order valence-electron chi connectivity index (χ3n) is 3.60. The largest absolute Gasteiger partial charge is 0.326 e. The van der Waals surface area contributed by atoms with Gasteiger partial charge < -0.3 is 5.73 Å². The van der Waals surface area contributed by atoms with E-state index >= 15 is 0 Å². The van der Waals surface area contributed by atoms with Gasteiger partial charge in [-0.1, -0.05) is 47.0 Å². The second-order valence-electron chi connectivity index (χ2n) is 5.17. The maximum Gasteiger partial charge on any atom is 0.0244 e. The highest BCUT2D eigenvalue weighted by molar-refractivity contribution is 4.81. The van der Waals surface area contributed by atoms with Gasteiger partial charge in [0.05, 0.1) is 0 Å². The van der Waals surface area contributed by atoms with Gasteiger partial charge in [0.25, 0.3) is 0 Å². The lowest BCUT2D eigenvalue weighted by atomic mass is 9.99. The number of hydrogen-bond donors (Lipinski definition) is 1. The van der Waals surface area contributed by atoms with Crippen LogP contribution in [-0.4, -0.2) is 30.1 Å². The van der Waals surface area contributed by atoms with Gasteiger partial charge in [-0.3, -0.25) is 4.90 Å². The molecule has 0 saturated heterocycles. The van der Waals surface area contributed by atoms with Crippen LogP contribution >= 0.6 is 0 Å². The Morgan fingerprint density at radius 3 is 1.76 bits per heavy atom. The molecular formula is C15H34N2. The minimum Gasteiger partial charge on any atom is -0.326 e. The lowest BCUT2D eigenvalue weighted by Gasteiger charge is -2.35. The van der Waals surface area contributed by atoms with Crippen molar-refractivity contribution in [1.29, 1.82) is 0 Å². The normalized spacial score (nSPS) is 15.2. The van der Waals surface area contributed by atoms with Crippen LogP contribution in [0.1, 0.15) is 72.6 Å². The zero-order valence-electron chi connectivity index (χ0n) is 12.5. The standard InChI is InChI=1S/C15H34N2/c1-5-9-12-17(13-10-6-2)15(8-4)14(16)11-7-3/h14-15H,5-13,16H2,1-4H3. The van der Waals surface area contributed by atoms with Gasteiger partial charge in [-0.25, -0.2) is 0 Å². The van der Waals surface area contributed by atoms with Crippen LogP contribution in [0, 0.1) is 0 Å². The quantitative estimate of drug-likeness (QED) is 0.597. The smallest absolute Gasteiger partial charge is 0.0244 e. The van der Waals surface area contributed by atoms with Crippen LogP contribution in [0.5, 0.6) is 0 Å². The summed E-state index contributed by atoms with van der Waals surface area (Å²) in [5.41, 5.74) is 6.34. The molecule has 17 heavy (non-hydrogen) atoms. The summed E-state index contributed by atoms with van der Waals surface area (Å²) >= 11 is 0. The third kappa shape index (κ3) is 7.05. The Kier molecular flexibility index (Phi) is 11.0. The Balaban J connectivity index is 4.35. The summed E-state index contributed by atoms with van der Waals surface area (Å²) in [7, 11) is 0. The molecule has 2 N–H and O–H groups in total. The molecule has 104 valence electrons.